The van der Waals surface area contributed by atoms with Crippen LogP contribution in [0.4, 0.5) is 5.82 Å². The van der Waals surface area contributed by atoms with Crippen molar-refractivity contribution in [2.24, 2.45) is 0 Å². The zero-order chi connectivity index (χ0) is 11.4. The maximum atomic E-state index is 11.5. The second-order valence-corrected chi connectivity index (χ2v) is 4.17. The molecule has 0 aliphatic rings. The second-order valence-electron chi connectivity index (χ2n) is 3.39. The largest absolute Gasteiger partial charge is 0.384 e. The molecule has 0 spiro atoms. The van der Waals surface area contributed by atoms with Crippen molar-refractivity contribution >= 4 is 23.1 Å². The van der Waals surface area contributed by atoms with E-state index >= 15 is 0 Å². The van der Waals surface area contributed by atoms with Gasteiger partial charge in [-0.25, -0.2) is 0 Å². The van der Waals surface area contributed by atoms with Crippen molar-refractivity contribution in [1.82, 2.24) is 15.5 Å². The molecule has 84 valence electrons. The smallest absolute Gasteiger partial charge is 0.224 e. The van der Waals surface area contributed by atoms with Crippen LogP contribution >= 0.6 is 11.3 Å². The summed E-state index contributed by atoms with van der Waals surface area (Å²) in [6, 6.07) is 1.94. The lowest BCUT2D eigenvalue weighted by molar-refractivity contribution is -0.120. The summed E-state index contributed by atoms with van der Waals surface area (Å²) in [5.74, 6) is 0.481. The number of hydrogen-bond donors (Lipinski definition) is 3. The molecule has 0 aliphatic carbocycles. The number of carbonyl (C=O) groups excluding carboxylic acids is 1. The number of thiophene rings is 1. The summed E-state index contributed by atoms with van der Waals surface area (Å²) in [4.78, 5) is 11.5. The Morgan fingerprint density at radius 2 is 2.50 bits per heavy atom. The van der Waals surface area contributed by atoms with E-state index < -0.39 is 0 Å². The third-order valence-corrected chi connectivity index (χ3v) is 2.90. The highest BCUT2D eigenvalue weighted by Gasteiger charge is 2.05. The maximum absolute atomic E-state index is 11.5. The van der Waals surface area contributed by atoms with Gasteiger partial charge in [0, 0.05) is 12.1 Å². The van der Waals surface area contributed by atoms with Gasteiger partial charge in [-0.05, 0) is 22.4 Å². The lowest BCUT2D eigenvalue weighted by atomic mass is 10.2. The Labute approximate surface area is 96.7 Å². The molecular weight excluding hydrogens is 224 g/mol. The van der Waals surface area contributed by atoms with Crippen LogP contribution in [0, 0.1) is 0 Å². The minimum atomic E-state index is -0.0148. The van der Waals surface area contributed by atoms with E-state index in [0.29, 0.717) is 18.8 Å². The van der Waals surface area contributed by atoms with Crippen LogP contribution < -0.4 is 11.1 Å². The third-order valence-electron chi connectivity index (χ3n) is 2.17. The summed E-state index contributed by atoms with van der Waals surface area (Å²) in [5, 5.41) is 13.1. The van der Waals surface area contributed by atoms with Gasteiger partial charge in [-0.1, -0.05) is 0 Å². The lowest BCUT2D eigenvalue weighted by Gasteiger charge is -2.02. The first-order valence-corrected chi connectivity index (χ1v) is 5.75. The molecule has 4 N–H and O–H groups in total. The average Bonchev–Trinajstić information content (AvgIpc) is 2.87. The van der Waals surface area contributed by atoms with Crippen molar-refractivity contribution in [1.29, 1.82) is 0 Å². The topological polar surface area (TPSA) is 83.8 Å². The van der Waals surface area contributed by atoms with E-state index in [1.165, 1.54) is 0 Å². The van der Waals surface area contributed by atoms with E-state index in [-0.39, 0.29) is 5.91 Å². The fraction of sp³-hybridized carbons (Fsp3) is 0.200. The molecule has 2 rings (SSSR count). The number of H-pyrrole nitrogens is 1. The van der Waals surface area contributed by atoms with Crippen molar-refractivity contribution < 1.29 is 4.79 Å². The molecule has 0 atom stereocenters. The Balaban J connectivity index is 1.82. The normalized spacial score (nSPS) is 10.2. The van der Waals surface area contributed by atoms with Crippen molar-refractivity contribution in [3.05, 3.63) is 34.2 Å². The quantitative estimate of drug-likeness (QED) is 0.737. The molecule has 0 aliphatic heterocycles. The first-order chi connectivity index (χ1) is 7.75. The minimum Gasteiger partial charge on any atom is -0.384 e. The number of hydrogen-bond acceptors (Lipinski definition) is 4. The van der Waals surface area contributed by atoms with E-state index in [2.05, 4.69) is 15.5 Å². The summed E-state index contributed by atoms with van der Waals surface area (Å²) in [6.07, 6.45) is 2.02. The van der Waals surface area contributed by atoms with Gasteiger partial charge in [0.1, 0.15) is 5.82 Å². The fourth-order valence-corrected chi connectivity index (χ4v) is 1.97. The minimum absolute atomic E-state index is 0.0148. The van der Waals surface area contributed by atoms with Gasteiger partial charge in [0.25, 0.3) is 0 Å². The van der Waals surface area contributed by atoms with Crippen LogP contribution in [0.3, 0.4) is 0 Å². The Bertz CT molecular complexity index is 463. The number of nitrogens with two attached hydrogens (primary N) is 1. The Hall–Kier alpha value is -1.82. The number of nitrogens with zero attached hydrogens (tertiary/aromatic N) is 1. The molecule has 5 nitrogen and oxygen atoms in total. The van der Waals surface area contributed by atoms with Crippen LogP contribution in [0.15, 0.2) is 23.0 Å². The van der Waals surface area contributed by atoms with Crippen LogP contribution in [0.25, 0.3) is 0 Å². The Kier molecular flexibility index (Phi) is 3.21. The zero-order valence-corrected chi connectivity index (χ0v) is 9.38. The molecule has 0 aromatic carbocycles. The molecule has 2 heterocycles. The van der Waals surface area contributed by atoms with Gasteiger partial charge < -0.3 is 11.1 Å². The zero-order valence-electron chi connectivity index (χ0n) is 8.56. The molecular formula is C10H12N4OS. The van der Waals surface area contributed by atoms with Gasteiger partial charge in [0.05, 0.1) is 12.6 Å². The standard InChI is InChI=1S/C10H12N4OS/c11-10-8(5-13-14-10)4-12-9(15)3-7-1-2-16-6-7/h1-2,5-6H,3-4H2,(H,12,15)(H3,11,13,14). The highest BCUT2D eigenvalue weighted by Crippen LogP contribution is 2.07. The van der Waals surface area contributed by atoms with E-state index in [9.17, 15) is 4.79 Å². The van der Waals surface area contributed by atoms with Crippen molar-refractivity contribution in [2.45, 2.75) is 13.0 Å². The predicted molar refractivity (Wildman–Crippen MR) is 62.9 cm³/mol. The van der Waals surface area contributed by atoms with Crippen LogP contribution in [-0.4, -0.2) is 16.1 Å². The third kappa shape index (κ3) is 2.60. The molecule has 16 heavy (non-hydrogen) atoms. The van der Waals surface area contributed by atoms with Crippen LogP contribution in [-0.2, 0) is 17.8 Å². The van der Waals surface area contributed by atoms with Gasteiger partial charge in [0.15, 0.2) is 0 Å². The number of rotatable bonds is 4. The van der Waals surface area contributed by atoms with E-state index in [0.717, 1.165) is 11.1 Å². The summed E-state index contributed by atoms with van der Waals surface area (Å²) in [5.41, 5.74) is 7.43. The fourth-order valence-electron chi connectivity index (χ4n) is 1.30. The molecule has 6 heteroatoms. The molecule has 0 bridgehead atoms. The Morgan fingerprint density at radius 1 is 1.62 bits per heavy atom. The molecule has 1 amide bonds. The van der Waals surface area contributed by atoms with E-state index in [1.54, 1.807) is 17.5 Å². The van der Waals surface area contributed by atoms with E-state index in [4.69, 9.17) is 5.73 Å². The van der Waals surface area contributed by atoms with Gasteiger partial charge in [-0.3, -0.25) is 9.89 Å². The number of aromatic nitrogens is 2. The number of aromatic amines is 1. The molecule has 0 fully saturated rings. The van der Waals surface area contributed by atoms with Crippen molar-refractivity contribution in [3.63, 3.8) is 0 Å². The monoisotopic (exact) mass is 236 g/mol. The highest BCUT2D eigenvalue weighted by atomic mass is 32.1. The molecule has 0 saturated heterocycles. The summed E-state index contributed by atoms with van der Waals surface area (Å²) in [7, 11) is 0. The van der Waals surface area contributed by atoms with Gasteiger partial charge in [-0.15, -0.1) is 0 Å². The predicted octanol–water partition coefficient (Wildman–Crippen LogP) is 0.912. The SMILES string of the molecule is Nc1[nH]ncc1CNC(=O)Cc1ccsc1. The summed E-state index contributed by atoms with van der Waals surface area (Å²) < 4.78 is 0. The number of carbonyl (C=O) groups is 1. The van der Waals surface area contributed by atoms with Gasteiger partial charge >= 0.3 is 0 Å². The van der Waals surface area contributed by atoms with Crippen LogP contribution in [0.2, 0.25) is 0 Å². The lowest BCUT2D eigenvalue weighted by Crippen LogP contribution is -2.24. The summed E-state index contributed by atoms with van der Waals surface area (Å²) in [6.45, 7) is 0.408. The number of amides is 1. The van der Waals surface area contributed by atoms with E-state index in [1.807, 2.05) is 16.8 Å². The first-order valence-electron chi connectivity index (χ1n) is 4.81. The number of nitrogens with one attached hydrogen (secondary N) is 2. The molecule has 0 radical (unpaired) electrons. The maximum Gasteiger partial charge on any atom is 0.224 e. The van der Waals surface area contributed by atoms with Gasteiger partial charge in [0.2, 0.25) is 5.91 Å². The van der Waals surface area contributed by atoms with Crippen LogP contribution in [0.5, 0.6) is 0 Å². The first kappa shape index (κ1) is 10.7. The van der Waals surface area contributed by atoms with Crippen LogP contribution in [0.1, 0.15) is 11.1 Å². The molecule has 2 aromatic heterocycles. The number of anilines is 1. The number of nitrogen functional groups attached to an aromatic ring is 1. The van der Waals surface area contributed by atoms with Crippen molar-refractivity contribution in [3.8, 4) is 0 Å². The second kappa shape index (κ2) is 4.80. The highest BCUT2D eigenvalue weighted by molar-refractivity contribution is 7.07. The molecule has 0 unspecified atom stereocenters. The molecule has 0 saturated carbocycles. The summed E-state index contributed by atoms with van der Waals surface area (Å²) >= 11 is 1.58. The molecule has 2 aromatic rings. The van der Waals surface area contributed by atoms with Crippen molar-refractivity contribution in [2.75, 3.05) is 5.73 Å². The van der Waals surface area contributed by atoms with Gasteiger partial charge in [-0.2, -0.15) is 16.4 Å². The average molecular weight is 236 g/mol. The Morgan fingerprint density at radius 3 is 3.12 bits per heavy atom.